The lowest BCUT2D eigenvalue weighted by atomic mass is 9.94. The summed E-state index contributed by atoms with van der Waals surface area (Å²) in [5.41, 5.74) is 2.64. The number of benzene rings is 1. The Balaban J connectivity index is 1.60. The molecule has 0 radical (unpaired) electrons. The average Bonchev–Trinajstić information content (AvgIpc) is 2.58. The largest absolute Gasteiger partial charge is 0.382 e. The molecule has 2 aliphatic rings. The number of piperidine rings is 1. The van der Waals surface area contributed by atoms with Crippen LogP contribution >= 0.6 is 0 Å². The first-order valence-electron chi connectivity index (χ1n) is 9.57. The highest BCUT2D eigenvalue weighted by atomic mass is 15.3. The van der Waals surface area contributed by atoms with Crippen molar-refractivity contribution in [2.45, 2.75) is 39.3 Å². The molecule has 0 unspecified atom stereocenters. The minimum Gasteiger partial charge on any atom is -0.382 e. The van der Waals surface area contributed by atoms with Gasteiger partial charge in [-0.15, -0.1) is 0 Å². The normalized spacial score (nSPS) is 26.8. The minimum atomic E-state index is 0.592. The predicted octanol–water partition coefficient (Wildman–Crippen LogP) is 2.97. The van der Waals surface area contributed by atoms with E-state index < -0.39 is 0 Å². The molecular formula is C20H34N4. The minimum absolute atomic E-state index is 0.592. The fraction of sp³-hybridized carbons (Fsp3) is 0.700. The number of nitrogens with zero attached hydrogens (tertiary/aromatic N) is 3. The summed E-state index contributed by atoms with van der Waals surface area (Å²) in [5, 5.41) is 3.79. The van der Waals surface area contributed by atoms with Crippen molar-refractivity contribution in [1.82, 2.24) is 9.80 Å². The monoisotopic (exact) mass is 330 g/mol. The SMILES string of the molecule is CC(C)N1CCN(c2cccc(N[C@H]3CCN(C)C[C@@H]3C)c2)CC1. The molecule has 1 aromatic carbocycles. The zero-order chi connectivity index (χ0) is 17.1. The second-order valence-electron chi connectivity index (χ2n) is 7.95. The number of nitrogens with one attached hydrogen (secondary N) is 1. The predicted molar refractivity (Wildman–Crippen MR) is 104 cm³/mol. The summed E-state index contributed by atoms with van der Waals surface area (Å²) in [6, 6.07) is 10.3. The maximum atomic E-state index is 3.79. The van der Waals surface area contributed by atoms with Crippen molar-refractivity contribution in [3.8, 4) is 0 Å². The molecule has 2 aliphatic heterocycles. The first-order valence-corrected chi connectivity index (χ1v) is 9.57. The quantitative estimate of drug-likeness (QED) is 0.916. The molecule has 2 heterocycles. The summed E-state index contributed by atoms with van der Waals surface area (Å²) in [6.07, 6.45) is 1.23. The summed E-state index contributed by atoms with van der Waals surface area (Å²) in [5.74, 6) is 0.696. The van der Waals surface area contributed by atoms with E-state index in [1.54, 1.807) is 0 Å². The van der Waals surface area contributed by atoms with Crippen LogP contribution in [0.3, 0.4) is 0 Å². The number of rotatable bonds is 4. The summed E-state index contributed by atoms with van der Waals surface area (Å²) in [4.78, 5) is 7.54. The van der Waals surface area contributed by atoms with Crippen molar-refractivity contribution in [3.05, 3.63) is 24.3 Å². The average molecular weight is 331 g/mol. The lowest BCUT2D eigenvalue weighted by Gasteiger charge is -2.38. The number of anilines is 2. The fourth-order valence-corrected chi connectivity index (χ4v) is 4.07. The van der Waals surface area contributed by atoms with Gasteiger partial charge in [-0.3, -0.25) is 4.90 Å². The Morgan fingerprint density at radius 1 is 1.08 bits per heavy atom. The van der Waals surface area contributed by atoms with Crippen molar-refractivity contribution < 1.29 is 0 Å². The molecule has 1 aromatic rings. The highest BCUT2D eigenvalue weighted by Crippen LogP contribution is 2.25. The summed E-state index contributed by atoms with van der Waals surface area (Å²) >= 11 is 0. The zero-order valence-corrected chi connectivity index (χ0v) is 15.8. The van der Waals surface area contributed by atoms with Gasteiger partial charge in [0.25, 0.3) is 0 Å². The summed E-state index contributed by atoms with van der Waals surface area (Å²) in [6.45, 7) is 13.9. The van der Waals surface area contributed by atoms with Crippen molar-refractivity contribution in [2.75, 3.05) is 56.5 Å². The molecule has 2 fully saturated rings. The Kier molecular flexibility index (Phi) is 5.67. The molecule has 2 saturated heterocycles. The summed E-state index contributed by atoms with van der Waals surface area (Å²) < 4.78 is 0. The van der Waals surface area contributed by atoms with Crippen LogP contribution in [0.25, 0.3) is 0 Å². The van der Waals surface area contributed by atoms with Crippen molar-refractivity contribution in [3.63, 3.8) is 0 Å². The van der Waals surface area contributed by atoms with Crippen LogP contribution in [-0.4, -0.2) is 68.2 Å². The van der Waals surface area contributed by atoms with E-state index in [1.807, 2.05) is 0 Å². The second-order valence-corrected chi connectivity index (χ2v) is 7.95. The molecular weight excluding hydrogens is 296 g/mol. The molecule has 0 saturated carbocycles. The highest BCUT2D eigenvalue weighted by Gasteiger charge is 2.24. The summed E-state index contributed by atoms with van der Waals surface area (Å²) in [7, 11) is 2.23. The maximum Gasteiger partial charge on any atom is 0.0387 e. The molecule has 134 valence electrons. The lowest BCUT2D eigenvalue weighted by Crippen LogP contribution is -2.48. The molecule has 0 amide bonds. The van der Waals surface area contributed by atoms with Crippen LogP contribution < -0.4 is 10.2 Å². The third kappa shape index (κ3) is 4.22. The van der Waals surface area contributed by atoms with Gasteiger partial charge in [0.1, 0.15) is 0 Å². The first-order chi connectivity index (χ1) is 11.5. The number of hydrogen-bond donors (Lipinski definition) is 1. The van der Waals surface area contributed by atoms with Gasteiger partial charge in [-0.2, -0.15) is 0 Å². The molecule has 2 atom stereocenters. The van der Waals surface area contributed by atoms with Gasteiger partial charge in [0.05, 0.1) is 0 Å². The zero-order valence-electron chi connectivity index (χ0n) is 15.8. The van der Waals surface area contributed by atoms with Crippen molar-refractivity contribution in [2.24, 2.45) is 5.92 Å². The number of piperazine rings is 1. The van der Waals surface area contributed by atoms with Crippen LogP contribution in [0.4, 0.5) is 11.4 Å². The number of hydrogen-bond acceptors (Lipinski definition) is 4. The molecule has 0 aromatic heterocycles. The van der Waals surface area contributed by atoms with Gasteiger partial charge in [-0.25, -0.2) is 0 Å². The number of likely N-dealkylation sites (tertiary alicyclic amines) is 1. The molecule has 24 heavy (non-hydrogen) atoms. The van der Waals surface area contributed by atoms with Gasteiger partial charge in [0.15, 0.2) is 0 Å². The molecule has 0 bridgehead atoms. The lowest BCUT2D eigenvalue weighted by molar-refractivity contribution is 0.206. The van der Waals surface area contributed by atoms with E-state index in [0.717, 1.165) is 13.1 Å². The third-order valence-electron chi connectivity index (χ3n) is 5.72. The van der Waals surface area contributed by atoms with Crippen LogP contribution in [-0.2, 0) is 0 Å². The van der Waals surface area contributed by atoms with E-state index >= 15 is 0 Å². The van der Waals surface area contributed by atoms with Crippen molar-refractivity contribution in [1.29, 1.82) is 0 Å². The molecule has 1 N–H and O–H groups in total. The Morgan fingerprint density at radius 3 is 2.50 bits per heavy atom. The van der Waals surface area contributed by atoms with Crippen LogP contribution in [0, 0.1) is 5.92 Å². The van der Waals surface area contributed by atoms with Gasteiger partial charge in [0.2, 0.25) is 0 Å². The van der Waals surface area contributed by atoms with Crippen LogP contribution in [0.1, 0.15) is 27.2 Å². The molecule has 4 heteroatoms. The van der Waals surface area contributed by atoms with Gasteiger partial charge < -0.3 is 15.1 Å². The van der Waals surface area contributed by atoms with Crippen LogP contribution in [0.15, 0.2) is 24.3 Å². The van der Waals surface area contributed by atoms with E-state index in [4.69, 9.17) is 0 Å². The Morgan fingerprint density at radius 2 is 1.83 bits per heavy atom. The molecule has 4 nitrogen and oxygen atoms in total. The van der Waals surface area contributed by atoms with E-state index in [9.17, 15) is 0 Å². The Hall–Kier alpha value is -1.26. The molecule has 0 aliphatic carbocycles. The topological polar surface area (TPSA) is 21.8 Å². The van der Waals surface area contributed by atoms with E-state index in [1.165, 1.54) is 44.0 Å². The van der Waals surface area contributed by atoms with Gasteiger partial charge in [-0.1, -0.05) is 13.0 Å². The van der Waals surface area contributed by atoms with Crippen LogP contribution in [0.5, 0.6) is 0 Å². The third-order valence-corrected chi connectivity index (χ3v) is 5.72. The van der Waals surface area contributed by atoms with E-state index in [2.05, 4.69) is 72.1 Å². The van der Waals surface area contributed by atoms with Crippen LogP contribution in [0.2, 0.25) is 0 Å². The Bertz CT molecular complexity index is 522. The maximum absolute atomic E-state index is 3.79. The molecule has 0 spiro atoms. The first kappa shape index (κ1) is 17.6. The van der Waals surface area contributed by atoms with Gasteiger partial charge in [0, 0.05) is 56.2 Å². The van der Waals surface area contributed by atoms with Crippen molar-refractivity contribution >= 4 is 11.4 Å². The van der Waals surface area contributed by atoms with Gasteiger partial charge in [-0.05, 0) is 58.0 Å². The standard InChI is InChI=1S/C20H34N4/c1-16(2)23-10-12-24(13-11-23)19-7-5-6-18(14-19)21-20-8-9-22(4)15-17(20)3/h5-7,14,16-17,20-21H,8-13,15H2,1-4H3/t17-,20-/m0/s1. The van der Waals surface area contributed by atoms with Gasteiger partial charge >= 0.3 is 0 Å². The Labute approximate surface area is 147 Å². The highest BCUT2D eigenvalue weighted by molar-refractivity contribution is 5.58. The second kappa shape index (κ2) is 7.75. The smallest absolute Gasteiger partial charge is 0.0387 e. The van der Waals surface area contributed by atoms with E-state index in [-0.39, 0.29) is 0 Å². The fourth-order valence-electron chi connectivity index (χ4n) is 4.07. The van der Waals surface area contributed by atoms with E-state index in [0.29, 0.717) is 18.0 Å². The molecule has 3 rings (SSSR count).